The molecule has 0 saturated carbocycles. The molecular weight excluding hydrogens is 390 g/mol. The summed E-state index contributed by atoms with van der Waals surface area (Å²) in [5.41, 5.74) is 1.66. The van der Waals surface area contributed by atoms with Gasteiger partial charge in [-0.1, -0.05) is 6.07 Å². The van der Waals surface area contributed by atoms with Gasteiger partial charge < -0.3 is 20.3 Å². The van der Waals surface area contributed by atoms with Crippen molar-refractivity contribution in [3.63, 3.8) is 0 Å². The number of aromatic hydroxyl groups is 2. The highest BCUT2D eigenvalue weighted by Gasteiger charge is 2.30. The van der Waals surface area contributed by atoms with Crippen LogP contribution in [0.1, 0.15) is 30.1 Å². The second-order valence-corrected chi connectivity index (χ2v) is 4.88. The van der Waals surface area contributed by atoms with Crippen molar-refractivity contribution in [1.29, 1.82) is 0 Å². The first-order chi connectivity index (χ1) is 8.77. The zero-order valence-electron chi connectivity index (χ0n) is 10.9. The highest BCUT2D eigenvalue weighted by molar-refractivity contribution is 8.93. The number of hydrogen-bond donors (Lipinski definition) is 3. The fourth-order valence-corrected chi connectivity index (χ4v) is 2.81. The van der Waals surface area contributed by atoms with E-state index in [1.165, 1.54) is 6.07 Å². The first-order valence-corrected chi connectivity index (χ1v) is 6.35. The van der Waals surface area contributed by atoms with Crippen LogP contribution in [-0.4, -0.2) is 23.3 Å². The van der Waals surface area contributed by atoms with E-state index in [-0.39, 0.29) is 51.6 Å². The molecule has 6 heteroatoms. The van der Waals surface area contributed by atoms with E-state index < -0.39 is 0 Å². The van der Waals surface area contributed by atoms with E-state index in [0.29, 0.717) is 11.5 Å². The monoisotopic (exact) mass is 407 g/mol. The molecule has 2 aliphatic rings. The van der Waals surface area contributed by atoms with E-state index in [2.05, 4.69) is 5.32 Å². The number of phenols is 2. The Kier molecular flexibility index (Phi) is 6.36. The lowest BCUT2D eigenvalue weighted by Gasteiger charge is -2.33. The van der Waals surface area contributed by atoms with E-state index in [1.807, 2.05) is 6.07 Å². The van der Waals surface area contributed by atoms with Crippen LogP contribution in [0.15, 0.2) is 18.4 Å². The lowest BCUT2D eigenvalue weighted by molar-refractivity contribution is 0.0672. The minimum absolute atomic E-state index is 0. The van der Waals surface area contributed by atoms with E-state index in [1.54, 1.807) is 12.3 Å². The maximum absolute atomic E-state index is 9.89. The number of halogens is 2. The molecule has 2 aliphatic heterocycles. The van der Waals surface area contributed by atoms with Gasteiger partial charge in [0.05, 0.1) is 6.26 Å². The third-order valence-electron chi connectivity index (χ3n) is 3.81. The van der Waals surface area contributed by atoms with Gasteiger partial charge in [0.15, 0.2) is 11.5 Å². The molecule has 0 spiro atoms. The van der Waals surface area contributed by atoms with Gasteiger partial charge in [-0.2, -0.15) is 0 Å². The number of piperidine rings is 1. The predicted octanol–water partition coefficient (Wildman–Crippen LogP) is 3.30. The Morgan fingerprint density at radius 1 is 1.10 bits per heavy atom. The standard InChI is InChI=1S/C14H17NO3.2BrH/c16-12-2-1-11-10(13(12)17)5-8-18-14(11)9-3-6-15-7-4-9;;/h1-2,5,8-9,14-17H,3-4,6-7H2;2*1H. The van der Waals surface area contributed by atoms with Crippen molar-refractivity contribution >= 4 is 40.0 Å². The summed E-state index contributed by atoms with van der Waals surface area (Å²) < 4.78 is 5.74. The number of ether oxygens (including phenoxy) is 1. The summed E-state index contributed by atoms with van der Waals surface area (Å²) in [6.07, 6.45) is 5.45. The number of hydrogen-bond acceptors (Lipinski definition) is 4. The van der Waals surface area contributed by atoms with Crippen LogP contribution in [0.2, 0.25) is 0 Å². The van der Waals surface area contributed by atoms with Crippen molar-refractivity contribution in [3.8, 4) is 11.5 Å². The van der Waals surface area contributed by atoms with Crippen LogP contribution >= 0.6 is 34.0 Å². The van der Waals surface area contributed by atoms with Crippen LogP contribution < -0.4 is 5.32 Å². The minimum Gasteiger partial charge on any atom is -0.504 e. The number of nitrogens with one attached hydrogen (secondary N) is 1. The zero-order chi connectivity index (χ0) is 12.5. The normalized spacial score (nSPS) is 21.1. The summed E-state index contributed by atoms with van der Waals surface area (Å²) in [4.78, 5) is 0. The van der Waals surface area contributed by atoms with Gasteiger partial charge in [0, 0.05) is 17.0 Å². The molecule has 3 N–H and O–H groups in total. The first kappa shape index (κ1) is 17.3. The molecule has 0 aromatic heterocycles. The molecule has 1 aromatic rings. The number of rotatable bonds is 1. The zero-order valence-corrected chi connectivity index (χ0v) is 14.3. The Balaban J connectivity index is 0.000001000. The van der Waals surface area contributed by atoms with E-state index in [9.17, 15) is 10.2 Å². The number of phenolic OH excluding ortho intramolecular Hbond substituents is 2. The highest BCUT2D eigenvalue weighted by atomic mass is 79.9. The van der Waals surface area contributed by atoms with Crippen LogP contribution in [0.25, 0.3) is 6.08 Å². The quantitative estimate of drug-likeness (QED) is 0.624. The Bertz CT molecular complexity index is 488. The summed E-state index contributed by atoms with van der Waals surface area (Å²) in [6.45, 7) is 2.02. The first-order valence-electron chi connectivity index (χ1n) is 6.35. The van der Waals surface area contributed by atoms with Crippen LogP contribution in [0, 0.1) is 5.92 Å². The minimum atomic E-state index is -0.0793. The summed E-state index contributed by atoms with van der Waals surface area (Å²) in [5.74, 6) is 0.328. The molecule has 0 amide bonds. The van der Waals surface area contributed by atoms with Crippen molar-refractivity contribution in [1.82, 2.24) is 5.32 Å². The van der Waals surface area contributed by atoms with E-state index in [4.69, 9.17) is 4.74 Å². The summed E-state index contributed by atoms with van der Waals surface area (Å²) >= 11 is 0. The van der Waals surface area contributed by atoms with Gasteiger partial charge in [-0.15, -0.1) is 34.0 Å². The molecule has 20 heavy (non-hydrogen) atoms. The Hall–Kier alpha value is -0.720. The van der Waals surface area contributed by atoms with Crippen LogP contribution in [0.5, 0.6) is 11.5 Å². The largest absolute Gasteiger partial charge is 0.504 e. The molecule has 0 aliphatic carbocycles. The lowest BCUT2D eigenvalue weighted by Crippen LogP contribution is -2.32. The average molecular weight is 409 g/mol. The van der Waals surface area contributed by atoms with E-state index >= 15 is 0 Å². The molecule has 1 saturated heterocycles. The molecule has 2 heterocycles. The smallest absolute Gasteiger partial charge is 0.165 e. The maximum atomic E-state index is 9.89. The molecule has 1 aromatic carbocycles. The van der Waals surface area contributed by atoms with Gasteiger partial charge in [0.1, 0.15) is 6.10 Å². The van der Waals surface area contributed by atoms with Crippen molar-refractivity contribution in [2.24, 2.45) is 5.92 Å². The third kappa shape index (κ3) is 3.13. The van der Waals surface area contributed by atoms with Crippen LogP contribution in [0.4, 0.5) is 0 Å². The van der Waals surface area contributed by atoms with E-state index in [0.717, 1.165) is 31.5 Å². The van der Waals surface area contributed by atoms with Crippen molar-refractivity contribution in [2.75, 3.05) is 13.1 Å². The van der Waals surface area contributed by atoms with Gasteiger partial charge in [0.2, 0.25) is 0 Å². The summed E-state index contributed by atoms with van der Waals surface area (Å²) in [6, 6.07) is 3.38. The van der Waals surface area contributed by atoms with Gasteiger partial charge in [-0.3, -0.25) is 0 Å². The van der Waals surface area contributed by atoms with Gasteiger partial charge in [-0.25, -0.2) is 0 Å². The van der Waals surface area contributed by atoms with Crippen molar-refractivity contribution in [3.05, 3.63) is 29.5 Å². The predicted molar refractivity (Wildman–Crippen MR) is 88.9 cm³/mol. The van der Waals surface area contributed by atoms with Gasteiger partial charge in [-0.05, 0) is 38.1 Å². The Morgan fingerprint density at radius 2 is 1.80 bits per heavy atom. The summed E-state index contributed by atoms with van der Waals surface area (Å²) in [5, 5.41) is 22.8. The second-order valence-electron chi connectivity index (χ2n) is 4.88. The lowest BCUT2D eigenvalue weighted by atomic mass is 9.85. The van der Waals surface area contributed by atoms with Crippen molar-refractivity contribution < 1.29 is 14.9 Å². The fraction of sp³-hybridized carbons (Fsp3) is 0.429. The Morgan fingerprint density at radius 3 is 2.50 bits per heavy atom. The molecule has 4 nitrogen and oxygen atoms in total. The molecule has 112 valence electrons. The van der Waals surface area contributed by atoms with Gasteiger partial charge in [0.25, 0.3) is 0 Å². The average Bonchev–Trinajstić information content (AvgIpc) is 2.43. The maximum Gasteiger partial charge on any atom is 0.165 e. The SMILES string of the molecule is Br.Br.Oc1ccc2c(c1O)C=COC2C1CCNCC1. The number of benzene rings is 1. The second kappa shape index (κ2) is 7.33. The molecule has 1 fully saturated rings. The van der Waals surface area contributed by atoms with Crippen LogP contribution in [-0.2, 0) is 4.74 Å². The molecule has 0 radical (unpaired) electrons. The molecule has 1 unspecified atom stereocenters. The fourth-order valence-electron chi connectivity index (χ4n) is 2.81. The molecule has 1 atom stereocenters. The Labute approximate surface area is 139 Å². The number of fused-ring (bicyclic) bond motifs is 1. The summed E-state index contributed by atoms with van der Waals surface area (Å²) in [7, 11) is 0. The topological polar surface area (TPSA) is 61.7 Å². The van der Waals surface area contributed by atoms with Gasteiger partial charge >= 0.3 is 0 Å². The molecular formula is C14H19Br2NO3. The van der Waals surface area contributed by atoms with Crippen molar-refractivity contribution in [2.45, 2.75) is 18.9 Å². The van der Waals surface area contributed by atoms with Crippen LogP contribution in [0.3, 0.4) is 0 Å². The molecule has 0 bridgehead atoms. The third-order valence-corrected chi connectivity index (χ3v) is 3.81. The highest BCUT2D eigenvalue weighted by Crippen LogP contribution is 2.43. The molecule has 3 rings (SSSR count).